The second kappa shape index (κ2) is 13.3. The van der Waals surface area contributed by atoms with E-state index in [0.29, 0.717) is 0 Å². The van der Waals surface area contributed by atoms with Gasteiger partial charge in [0.25, 0.3) is 0 Å². The largest absolute Gasteiger partial charge is 0.457 e. The van der Waals surface area contributed by atoms with Crippen LogP contribution in [-0.2, 0) is 5.41 Å². The number of hydrogen-bond acceptors (Lipinski definition) is 4. The Bertz CT molecular complexity index is 3140. The lowest BCUT2D eigenvalue weighted by Crippen LogP contribution is -2.34. The Morgan fingerprint density at radius 2 is 0.847 bits per heavy atom. The van der Waals surface area contributed by atoms with E-state index in [1.807, 2.05) is 11.3 Å². The van der Waals surface area contributed by atoms with Crippen molar-refractivity contribution in [2.75, 3.05) is 9.80 Å². The summed E-state index contributed by atoms with van der Waals surface area (Å²) in [4.78, 5) is 4.91. The second-order valence-corrected chi connectivity index (χ2v) is 16.3. The standard InChI is InChI=1S/C55H36N2OS/c1-3-19-37(20-4-1)56(38-21-5-2-6-22-38)45-29-13-14-30-46(45)57(47-31-18-36-52-53(47)41-25-9-16-35-51(41)59-52)48-32-17-34-50-54(48)55(44-28-12-15-33-49(44)58-50)42-26-10-7-23-39(42)40-24-8-11-27-43(40)55/h1-36H. The zero-order chi connectivity index (χ0) is 38.9. The van der Waals surface area contributed by atoms with Crippen molar-refractivity contribution in [3.05, 3.63) is 241 Å². The highest BCUT2D eigenvalue weighted by Crippen LogP contribution is 2.65. The molecule has 1 aliphatic heterocycles. The van der Waals surface area contributed by atoms with E-state index >= 15 is 0 Å². The van der Waals surface area contributed by atoms with E-state index in [0.717, 1.165) is 56.8 Å². The van der Waals surface area contributed by atoms with Crippen molar-refractivity contribution in [3.8, 4) is 22.6 Å². The minimum absolute atomic E-state index is 0.676. The van der Waals surface area contributed by atoms with Gasteiger partial charge in [-0.25, -0.2) is 0 Å². The fourth-order valence-corrected chi connectivity index (χ4v) is 11.0. The summed E-state index contributed by atoms with van der Waals surface area (Å²) in [6.07, 6.45) is 0. The highest BCUT2D eigenvalue weighted by molar-refractivity contribution is 7.26. The van der Waals surface area contributed by atoms with Gasteiger partial charge in [0.2, 0.25) is 0 Å². The predicted molar refractivity (Wildman–Crippen MR) is 246 cm³/mol. The van der Waals surface area contributed by atoms with Crippen molar-refractivity contribution >= 4 is 65.6 Å². The van der Waals surface area contributed by atoms with Gasteiger partial charge in [-0.2, -0.15) is 0 Å². The number of fused-ring (bicyclic) bond motifs is 12. The van der Waals surface area contributed by atoms with Crippen molar-refractivity contribution in [1.82, 2.24) is 0 Å². The lowest BCUT2D eigenvalue weighted by molar-refractivity contribution is 0.437. The molecule has 4 heteroatoms. The number of para-hydroxylation sites is 5. The van der Waals surface area contributed by atoms with E-state index in [2.05, 4.69) is 228 Å². The molecule has 1 spiro atoms. The van der Waals surface area contributed by atoms with Crippen LogP contribution < -0.4 is 14.5 Å². The summed E-state index contributed by atoms with van der Waals surface area (Å²) in [5.41, 5.74) is 13.0. The third-order valence-corrected chi connectivity index (χ3v) is 13.2. The summed E-state index contributed by atoms with van der Waals surface area (Å²) in [6.45, 7) is 0. The molecule has 3 nitrogen and oxygen atoms in total. The van der Waals surface area contributed by atoms with Gasteiger partial charge >= 0.3 is 0 Å². The zero-order valence-electron chi connectivity index (χ0n) is 32.0. The molecule has 9 aromatic carbocycles. The maximum Gasteiger partial charge on any atom is 0.134 e. The molecule has 12 rings (SSSR count). The molecule has 0 bridgehead atoms. The van der Waals surface area contributed by atoms with Gasteiger partial charge in [0.1, 0.15) is 11.5 Å². The van der Waals surface area contributed by atoms with E-state index in [9.17, 15) is 0 Å². The molecule has 0 atom stereocenters. The molecule has 0 unspecified atom stereocenters. The normalized spacial score (nSPS) is 13.0. The van der Waals surface area contributed by atoms with Gasteiger partial charge in [0.15, 0.2) is 0 Å². The van der Waals surface area contributed by atoms with E-state index in [1.165, 1.54) is 42.4 Å². The van der Waals surface area contributed by atoms with E-state index in [4.69, 9.17) is 4.74 Å². The molecule has 0 saturated carbocycles. The Labute approximate surface area is 347 Å². The van der Waals surface area contributed by atoms with Gasteiger partial charge in [-0.15, -0.1) is 11.3 Å². The Kier molecular flexibility index (Phi) is 7.62. The topological polar surface area (TPSA) is 15.7 Å². The van der Waals surface area contributed by atoms with Crippen molar-refractivity contribution in [2.24, 2.45) is 0 Å². The average molecular weight is 773 g/mol. The summed E-state index contributed by atoms with van der Waals surface area (Å²) >= 11 is 1.85. The highest BCUT2D eigenvalue weighted by atomic mass is 32.1. The summed E-state index contributed by atoms with van der Waals surface area (Å²) < 4.78 is 9.59. The number of benzene rings is 9. The molecule has 0 radical (unpaired) electrons. The minimum atomic E-state index is -0.676. The Morgan fingerprint density at radius 1 is 0.356 bits per heavy atom. The van der Waals surface area contributed by atoms with Crippen LogP contribution in [0.1, 0.15) is 22.3 Å². The van der Waals surface area contributed by atoms with Gasteiger partial charge in [-0.1, -0.05) is 146 Å². The van der Waals surface area contributed by atoms with Gasteiger partial charge in [-0.3, -0.25) is 0 Å². The highest BCUT2D eigenvalue weighted by Gasteiger charge is 2.53. The van der Waals surface area contributed by atoms with Crippen LogP contribution in [0.4, 0.5) is 34.1 Å². The van der Waals surface area contributed by atoms with Crippen LogP contribution in [0.25, 0.3) is 31.3 Å². The monoisotopic (exact) mass is 772 g/mol. The molecular weight excluding hydrogens is 737 g/mol. The first kappa shape index (κ1) is 33.7. The van der Waals surface area contributed by atoms with E-state index in [1.54, 1.807) is 0 Å². The number of hydrogen-bond donors (Lipinski definition) is 0. The number of ether oxygens (including phenoxy) is 1. The smallest absolute Gasteiger partial charge is 0.134 e. The third-order valence-electron chi connectivity index (χ3n) is 12.1. The van der Waals surface area contributed by atoms with Gasteiger partial charge in [0.05, 0.1) is 28.2 Å². The molecule has 59 heavy (non-hydrogen) atoms. The Balaban J connectivity index is 1.24. The zero-order valence-corrected chi connectivity index (χ0v) is 32.8. The predicted octanol–water partition coefficient (Wildman–Crippen LogP) is 15.5. The fourth-order valence-electron chi connectivity index (χ4n) is 9.84. The average Bonchev–Trinajstić information content (AvgIpc) is 3.83. The maximum absolute atomic E-state index is 7.08. The SMILES string of the molecule is c1ccc(N(c2ccccc2)c2ccccc2N(c2cccc3c2C2(c4ccccc4O3)c3ccccc3-c3ccccc32)c2cccc3sc4ccccc4c23)cc1. The molecule has 0 amide bonds. The molecule has 0 fully saturated rings. The third kappa shape index (κ3) is 4.94. The Morgan fingerprint density at radius 3 is 1.56 bits per heavy atom. The molecule has 2 heterocycles. The fraction of sp³-hybridized carbons (Fsp3) is 0.0182. The van der Waals surface area contributed by atoms with Gasteiger partial charge in [-0.05, 0) is 95.1 Å². The first-order valence-electron chi connectivity index (χ1n) is 20.1. The maximum atomic E-state index is 7.08. The molecule has 1 aliphatic carbocycles. The summed E-state index contributed by atoms with van der Waals surface area (Å²) in [5, 5.41) is 2.47. The molecule has 10 aromatic rings. The number of nitrogens with zero attached hydrogens (tertiary/aromatic N) is 2. The van der Waals surface area contributed by atoms with Crippen LogP contribution in [0.2, 0.25) is 0 Å². The molecule has 0 saturated heterocycles. The van der Waals surface area contributed by atoms with Crippen LogP contribution in [0, 0.1) is 0 Å². The molecule has 2 aliphatic rings. The lowest BCUT2D eigenvalue weighted by Gasteiger charge is -2.43. The van der Waals surface area contributed by atoms with Gasteiger partial charge in [0, 0.05) is 42.7 Å². The first-order chi connectivity index (χ1) is 29.3. The van der Waals surface area contributed by atoms with E-state index < -0.39 is 5.41 Å². The quantitative estimate of drug-likeness (QED) is 0.167. The van der Waals surface area contributed by atoms with Crippen LogP contribution in [0.5, 0.6) is 11.5 Å². The number of rotatable bonds is 6. The number of thiophene rings is 1. The van der Waals surface area contributed by atoms with Crippen molar-refractivity contribution < 1.29 is 4.74 Å². The summed E-state index contributed by atoms with van der Waals surface area (Å²) in [7, 11) is 0. The van der Waals surface area contributed by atoms with Gasteiger partial charge < -0.3 is 14.5 Å². The molecule has 0 N–H and O–H groups in total. The molecule has 278 valence electrons. The van der Waals surface area contributed by atoms with Crippen LogP contribution >= 0.6 is 11.3 Å². The Hall–Kier alpha value is -7.40. The van der Waals surface area contributed by atoms with E-state index in [-0.39, 0.29) is 0 Å². The molecular formula is C55H36N2OS. The summed E-state index contributed by atoms with van der Waals surface area (Å²) in [6, 6.07) is 79.0. The number of anilines is 6. The minimum Gasteiger partial charge on any atom is -0.457 e. The van der Waals surface area contributed by atoms with Crippen molar-refractivity contribution in [3.63, 3.8) is 0 Å². The van der Waals surface area contributed by atoms with Crippen LogP contribution in [0.15, 0.2) is 218 Å². The second-order valence-electron chi connectivity index (χ2n) is 15.2. The molecule has 1 aromatic heterocycles. The van der Waals surface area contributed by atoms with Crippen molar-refractivity contribution in [2.45, 2.75) is 5.41 Å². The van der Waals surface area contributed by atoms with Crippen LogP contribution in [0.3, 0.4) is 0 Å². The summed E-state index contributed by atoms with van der Waals surface area (Å²) in [5.74, 6) is 1.72. The lowest BCUT2D eigenvalue weighted by atomic mass is 9.65. The first-order valence-corrected chi connectivity index (χ1v) is 20.9. The van der Waals surface area contributed by atoms with Crippen LogP contribution in [-0.4, -0.2) is 0 Å². The van der Waals surface area contributed by atoms with Crippen molar-refractivity contribution in [1.29, 1.82) is 0 Å².